The second-order valence-electron chi connectivity index (χ2n) is 7.47. The first kappa shape index (κ1) is 20.3. The lowest BCUT2D eigenvalue weighted by atomic mass is 9.93. The van der Waals surface area contributed by atoms with Crippen LogP contribution in [0.3, 0.4) is 0 Å². The van der Waals surface area contributed by atoms with Gasteiger partial charge in [0.05, 0.1) is 17.3 Å². The Morgan fingerprint density at radius 2 is 1.90 bits per heavy atom. The van der Waals surface area contributed by atoms with E-state index in [1.165, 1.54) is 4.57 Å². The van der Waals surface area contributed by atoms with Crippen LogP contribution in [0.5, 0.6) is 0 Å². The molecule has 2 aromatic carbocycles. The number of pyridine rings is 2. The highest BCUT2D eigenvalue weighted by Gasteiger charge is 2.25. The van der Waals surface area contributed by atoms with Gasteiger partial charge in [-0.25, -0.2) is 0 Å². The molecule has 4 rings (SSSR count). The van der Waals surface area contributed by atoms with Crippen LogP contribution in [0.2, 0.25) is 5.02 Å². The zero-order valence-electron chi connectivity index (χ0n) is 16.9. The van der Waals surface area contributed by atoms with E-state index in [0.29, 0.717) is 21.5 Å². The van der Waals surface area contributed by atoms with Crippen molar-refractivity contribution in [3.63, 3.8) is 0 Å². The summed E-state index contributed by atoms with van der Waals surface area (Å²) in [6, 6.07) is 14.9. The number of aldehydes is 1. The molecule has 0 radical (unpaired) electrons. The van der Waals surface area contributed by atoms with Crippen LogP contribution < -0.4 is 5.56 Å². The molecule has 4 aromatic rings. The Hall–Kier alpha value is -3.02. The minimum Gasteiger partial charge on any atom is -0.362 e. The van der Waals surface area contributed by atoms with Gasteiger partial charge in [0.2, 0.25) is 0 Å². The fourth-order valence-corrected chi connectivity index (χ4v) is 4.00. The minimum atomic E-state index is -0.898. The average molecular weight is 421 g/mol. The van der Waals surface area contributed by atoms with Crippen molar-refractivity contribution in [2.45, 2.75) is 26.1 Å². The number of halogens is 1. The first-order valence-corrected chi connectivity index (χ1v) is 10.1. The molecule has 0 aliphatic rings. The molecule has 5 nitrogen and oxygen atoms in total. The van der Waals surface area contributed by atoms with Gasteiger partial charge in [-0.3, -0.25) is 9.78 Å². The van der Waals surface area contributed by atoms with Crippen molar-refractivity contribution in [1.82, 2.24) is 9.55 Å². The maximum absolute atomic E-state index is 13.1. The zero-order valence-corrected chi connectivity index (χ0v) is 17.7. The van der Waals surface area contributed by atoms with Crippen LogP contribution in [0.15, 0.2) is 59.5 Å². The monoisotopic (exact) mass is 420 g/mol. The summed E-state index contributed by atoms with van der Waals surface area (Å²) in [6.07, 6.45) is 1.38. The van der Waals surface area contributed by atoms with Crippen molar-refractivity contribution in [2.75, 3.05) is 0 Å². The SMILES string of the molecule is CC(C)OC(C=O)c1c(-c2ccc3ncccc3c2)c2cc(Cl)ccc2c(=O)n1C. The summed E-state index contributed by atoms with van der Waals surface area (Å²) in [5, 5.41) is 2.68. The Kier molecular flexibility index (Phi) is 5.41. The van der Waals surface area contributed by atoms with Gasteiger partial charge in [0.25, 0.3) is 5.56 Å². The highest BCUT2D eigenvalue weighted by molar-refractivity contribution is 6.31. The number of fused-ring (bicyclic) bond motifs is 2. The van der Waals surface area contributed by atoms with Crippen LogP contribution >= 0.6 is 11.6 Å². The number of hydrogen-bond donors (Lipinski definition) is 0. The standard InChI is InChI=1S/C24H21ClN2O3/c1-14(2)30-21(13-28)23-22(16-6-9-20-15(11-16)5-4-10-26-20)19-12-17(25)7-8-18(19)24(29)27(23)3/h4-14,21H,1-3H3. The van der Waals surface area contributed by atoms with Crippen LogP contribution in [0, 0.1) is 0 Å². The molecule has 0 fully saturated rings. The smallest absolute Gasteiger partial charge is 0.258 e. The summed E-state index contributed by atoms with van der Waals surface area (Å²) in [7, 11) is 1.66. The number of aromatic nitrogens is 2. The third-order valence-electron chi connectivity index (χ3n) is 5.11. The minimum absolute atomic E-state index is 0.195. The third-order valence-corrected chi connectivity index (χ3v) is 5.34. The van der Waals surface area contributed by atoms with E-state index in [9.17, 15) is 9.59 Å². The van der Waals surface area contributed by atoms with E-state index in [4.69, 9.17) is 16.3 Å². The Labute approximate surface area is 178 Å². The lowest BCUT2D eigenvalue weighted by Gasteiger charge is -2.23. The van der Waals surface area contributed by atoms with Crippen molar-refractivity contribution < 1.29 is 9.53 Å². The van der Waals surface area contributed by atoms with Gasteiger partial charge in [-0.15, -0.1) is 0 Å². The Bertz CT molecular complexity index is 1330. The van der Waals surface area contributed by atoms with Crippen molar-refractivity contribution >= 4 is 39.6 Å². The second-order valence-corrected chi connectivity index (χ2v) is 7.90. The number of carbonyl (C=O) groups excluding carboxylic acids is 1. The van der Waals surface area contributed by atoms with Crippen molar-refractivity contribution in [3.8, 4) is 11.1 Å². The Morgan fingerprint density at radius 1 is 1.10 bits per heavy atom. The van der Waals surface area contributed by atoms with E-state index in [1.807, 2.05) is 44.2 Å². The van der Waals surface area contributed by atoms with Crippen LogP contribution in [0.4, 0.5) is 0 Å². The molecule has 6 heteroatoms. The van der Waals surface area contributed by atoms with Gasteiger partial charge in [0.1, 0.15) is 0 Å². The highest BCUT2D eigenvalue weighted by Crippen LogP contribution is 2.37. The first-order valence-electron chi connectivity index (χ1n) is 9.68. The summed E-state index contributed by atoms with van der Waals surface area (Å²) in [6.45, 7) is 3.71. The van der Waals surface area contributed by atoms with Crippen molar-refractivity contribution in [3.05, 3.63) is 75.8 Å². The summed E-state index contributed by atoms with van der Waals surface area (Å²) >= 11 is 6.30. The molecule has 0 saturated carbocycles. The molecule has 0 aliphatic carbocycles. The zero-order chi connectivity index (χ0) is 21.4. The van der Waals surface area contributed by atoms with Gasteiger partial charge < -0.3 is 14.1 Å². The molecule has 1 atom stereocenters. The van der Waals surface area contributed by atoms with E-state index in [2.05, 4.69) is 4.98 Å². The fourth-order valence-electron chi connectivity index (χ4n) is 3.83. The number of carbonyl (C=O) groups is 1. The molecule has 0 bridgehead atoms. The van der Waals surface area contributed by atoms with Crippen molar-refractivity contribution in [2.24, 2.45) is 7.05 Å². The topological polar surface area (TPSA) is 61.2 Å². The van der Waals surface area contributed by atoms with E-state index < -0.39 is 6.10 Å². The Morgan fingerprint density at radius 3 is 2.63 bits per heavy atom. The van der Waals surface area contributed by atoms with Gasteiger partial charge in [-0.05, 0) is 61.2 Å². The molecule has 0 saturated heterocycles. The summed E-state index contributed by atoms with van der Waals surface area (Å²) in [5.74, 6) is 0. The van der Waals surface area contributed by atoms with Crippen molar-refractivity contribution in [1.29, 1.82) is 0 Å². The average Bonchev–Trinajstić information content (AvgIpc) is 2.74. The van der Waals surface area contributed by atoms with Gasteiger partial charge in [0.15, 0.2) is 12.4 Å². The van der Waals surface area contributed by atoms with E-state index in [-0.39, 0.29) is 11.7 Å². The fraction of sp³-hybridized carbons (Fsp3) is 0.208. The van der Waals surface area contributed by atoms with Crippen LogP contribution in [0.1, 0.15) is 25.6 Å². The quantitative estimate of drug-likeness (QED) is 0.423. The highest BCUT2D eigenvalue weighted by atomic mass is 35.5. The van der Waals surface area contributed by atoms with Gasteiger partial charge in [0, 0.05) is 34.6 Å². The van der Waals surface area contributed by atoms with Gasteiger partial charge in [-0.1, -0.05) is 23.7 Å². The molecule has 152 valence electrons. The second kappa shape index (κ2) is 8.01. The van der Waals surface area contributed by atoms with E-state index in [1.54, 1.807) is 31.4 Å². The van der Waals surface area contributed by atoms with Gasteiger partial charge >= 0.3 is 0 Å². The number of benzene rings is 2. The lowest BCUT2D eigenvalue weighted by Crippen LogP contribution is -2.26. The first-order chi connectivity index (χ1) is 14.4. The molecule has 0 amide bonds. The summed E-state index contributed by atoms with van der Waals surface area (Å²) in [4.78, 5) is 29.5. The van der Waals surface area contributed by atoms with Crippen LogP contribution in [-0.2, 0) is 16.6 Å². The number of ether oxygens (including phenoxy) is 1. The van der Waals surface area contributed by atoms with Gasteiger partial charge in [-0.2, -0.15) is 0 Å². The maximum Gasteiger partial charge on any atom is 0.258 e. The molecule has 0 aliphatic heterocycles. The Balaban J connectivity index is 2.14. The normalized spacial score (nSPS) is 12.6. The summed E-state index contributed by atoms with van der Waals surface area (Å²) in [5.41, 5.74) is 2.76. The molecule has 1 unspecified atom stereocenters. The molecule has 0 spiro atoms. The number of hydrogen-bond acceptors (Lipinski definition) is 4. The number of nitrogens with zero attached hydrogens (tertiary/aromatic N) is 2. The third kappa shape index (κ3) is 3.51. The molecule has 2 aromatic heterocycles. The lowest BCUT2D eigenvalue weighted by molar-refractivity contribution is -0.121. The molecule has 0 N–H and O–H groups in total. The predicted molar refractivity (Wildman–Crippen MR) is 120 cm³/mol. The molecule has 2 heterocycles. The molecular weight excluding hydrogens is 400 g/mol. The number of rotatable bonds is 5. The summed E-state index contributed by atoms with van der Waals surface area (Å²) < 4.78 is 7.38. The molecular formula is C24H21ClN2O3. The maximum atomic E-state index is 13.1. The predicted octanol–water partition coefficient (Wildman–Crippen LogP) is 5.07. The van der Waals surface area contributed by atoms with E-state index in [0.717, 1.165) is 28.3 Å². The molecule has 30 heavy (non-hydrogen) atoms. The van der Waals surface area contributed by atoms with E-state index >= 15 is 0 Å². The van der Waals surface area contributed by atoms with Crippen LogP contribution in [0.25, 0.3) is 32.8 Å². The largest absolute Gasteiger partial charge is 0.362 e. The van der Waals surface area contributed by atoms with Crippen LogP contribution in [-0.4, -0.2) is 21.9 Å².